The van der Waals surface area contributed by atoms with E-state index >= 15 is 0 Å². The van der Waals surface area contributed by atoms with Gasteiger partial charge < -0.3 is 9.42 Å². The Morgan fingerprint density at radius 2 is 2.22 bits per heavy atom. The standard InChI is InChI=1S/C18H19BrN6O2/c1-11(2)16-20-17(27-22-16)15-10-25(23-21-15)14-6-7-24(9-14)18(26)12-4-3-5-13(19)8-12/h3-5,8,10-11,14H,6-7,9H2,1-2H3. The molecule has 1 aliphatic rings. The molecule has 8 nitrogen and oxygen atoms in total. The van der Waals surface area contributed by atoms with Crippen LogP contribution in [-0.2, 0) is 0 Å². The van der Waals surface area contributed by atoms with Crippen molar-refractivity contribution >= 4 is 21.8 Å². The van der Waals surface area contributed by atoms with Crippen LogP contribution in [0.5, 0.6) is 0 Å². The topological polar surface area (TPSA) is 89.9 Å². The number of hydrogen-bond acceptors (Lipinski definition) is 6. The first-order valence-corrected chi connectivity index (χ1v) is 9.61. The zero-order valence-electron chi connectivity index (χ0n) is 15.0. The van der Waals surface area contributed by atoms with E-state index in [1.165, 1.54) is 0 Å². The molecule has 9 heteroatoms. The fourth-order valence-electron chi connectivity index (χ4n) is 3.07. The molecule has 3 aromatic rings. The van der Waals surface area contributed by atoms with E-state index in [4.69, 9.17) is 4.52 Å². The highest BCUT2D eigenvalue weighted by atomic mass is 79.9. The average molecular weight is 431 g/mol. The summed E-state index contributed by atoms with van der Waals surface area (Å²) in [5.74, 6) is 1.22. The van der Waals surface area contributed by atoms with Crippen LogP contribution in [0.1, 0.15) is 48.4 Å². The van der Waals surface area contributed by atoms with E-state index in [0.717, 1.165) is 10.9 Å². The molecular formula is C18H19BrN6O2. The Morgan fingerprint density at radius 3 is 2.96 bits per heavy atom. The fraction of sp³-hybridized carbons (Fsp3) is 0.389. The summed E-state index contributed by atoms with van der Waals surface area (Å²) in [6.45, 7) is 5.28. The molecule has 0 radical (unpaired) electrons. The Kier molecular flexibility index (Phi) is 4.77. The van der Waals surface area contributed by atoms with Gasteiger partial charge in [0.25, 0.3) is 11.8 Å². The molecule has 1 aliphatic heterocycles. The lowest BCUT2D eigenvalue weighted by Gasteiger charge is -2.16. The van der Waals surface area contributed by atoms with Gasteiger partial charge in [0.15, 0.2) is 11.5 Å². The Labute approximate surface area is 164 Å². The number of benzene rings is 1. The molecule has 2 aromatic heterocycles. The summed E-state index contributed by atoms with van der Waals surface area (Å²) in [4.78, 5) is 18.9. The molecule has 0 saturated carbocycles. The first kappa shape index (κ1) is 17.8. The largest absolute Gasteiger partial charge is 0.336 e. The second-order valence-electron chi connectivity index (χ2n) is 6.90. The van der Waals surface area contributed by atoms with Gasteiger partial charge >= 0.3 is 0 Å². The number of carbonyl (C=O) groups is 1. The summed E-state index contributed by atoms with van der Waals surface area (Å²) in [5.41, 5.74) is 1.22. The number of rotatable bonds is 4. The quantitative estimate of drug-likeness (QED) is 0.630. The summed E-state index contributed by atoms with van der Waals surface area (Å²) in [5, 5.41) is 12.3. The molecule has 3 heterocycles. The van der Waals surface area contributed by atoms with Crippen molar-refractivity contribution in [3.8, 4) is 11.6 Å². The maximum absolute atomic E-state index is 12.7. The Morgan fingerprint density at radius 1 is 1.37 bits per heavy atom. The van der Waals surface area contributed by atoms with E-state index in [9.17, 15) is 4.79 Å². The molecule has 1 unspecified atom stereocenters. The van der Waals surface area contributed by atoms with Crippen LogP contribution in [0.4, 0.5) is 0 Å². The molecule has 1 aromatic carbocycles. The van der Waals surface area contributed by atoms with Crippen LogP contribution in [0.25, 0.3) is 11.6 Å². The molecule has 1 atom stereocenters. The van der Waals surface area contributed by atoms with Crippen LogP contribution in [0, 0.1) is 0 Å². The number of nitrogens with zero attached hydrogens (tertiary/aromatic N) is 6. The van der Waals surface area contributed by atoms with Crippen molar-refractivity contribution in [2.45, 2.75) is 32.2 Å². The Balaban J connectivity index is 1.46. The van der Waals surface area contributed by atoms with Crippen molar-refractivity contribution in [1.82, 2.24) is 30.0 Å². The second kappa shape index (κ2) is 7.22. The van der Waals surface area contributed by atoms with Crippen molar-refractivity contribution in [3.05, 3.63) is 46.3 Å². The van der Waals surface area contributed by atoms with E-state index in [1.807, 2.05) is 43.0 Å². The third-order valence-corrected chi connectivity index (χ3v) is 5.08. The van der Waals surface area contributed by atoms with Gasteiger partial charge in [0.05, 0.1) is 12.2 Å². The number of hydrogen-bond donors (Lipinski definition) is 0. The summed E-state index contributed by atoms with van der Waals surface area (Å²) < 4.78 is 7.94. The van der Waals surface area contributed by atoms with Gasteiger partial charge in [0, 0.05) is 29.0 Å². The highest BCUT2D eigenvalue weighted by Gasteiger charge is 2.29. The molecule has 0 bridgehead atoms. The second-order valence-corrected chi connectivity index (χ2v) is 7.82. The molecule has 140 valence electrons. The van der Waals surface area contributed by atoms with Gasteiger partial charge in [-0.3, -0.25) is 4.79 Å². The number of likely N-dealkylation sites (tertiary alicyclic amines) is 1. The highest BCUT2D eigenvalue weighted by molar-refractivity contribution is 9.10. The van der Waals surface area contributed by atoms with Crippen molar-refractivity contribution in [1.29, 1.82) is 0 Å². The Hall–Kier alpha value is -2.55. The fourth-order valence-corrected chi connectivity index (χ4v) is 3.47. The number of amides is 1. The van der Waals surface area contributed by atoms with Gasteiger partial charge in [-0.1, -0.05) is 46.2 Å². The Bertz CT molecular complexity index is 966. The van der Waals surface area contributed by atoms with Crippen LogP contribution in [-0.4, -0.2) is 49.0 Å². The lowest BCUT2D eigenvalue weighted by Crippen LogP contribution is -2.29. The number of carbonyl (C=O) groups excluding carboxylic acids is 1. The zero-order valence-corrected chi connectivity index (χ0v) is 16.6. The molecule has 0 aliphatic carbocycles. The molecule has 1 saturated heterocycles. The van der Waals surface area contributed by atoms with E-state index < -0.39 is 0 Å². The van der Waals surface area contributed by atoms with Crippen LogP contribution in [0.3, 0.4) is 0 Å². The smallest absolute Gasteiger partial charge is 0.280 e. The first-order chi connectivity index (χ1) is 13.0. The maximum Gasteiger partial charge on any atom is 0.280 e. The summed E-state index contributed by atoms with van der Waals surface area (Å²) >= 11 is 3.41. The van der Waals surface area contributed by atoms with Gasteiger partial charge in [-0.15, -0.1) is 5.10 Å². The molecule has 0 N–H and O–H groups in total. The van der Waals surface area contributed by atoms with Crippen molar-refractivity contribution < 1.29 is 9.32 Å². The third-order valence-electron chi connectivity index (χ3n) is 4.58. The summed E-state index contributed by atoms with van der Waals surface area (Å²) in [6.07, 6.45) is 2.62. The van der Waals surface area contributed by atoms with Crippen molar-refractivity contribution in [2.24, 2.45) is 0 Å². The van der Waals surface area contributed by atoms with E-state index in [-0.39, 0.29) is 17.9 Å². The van der Waals surface area contributed by atoms with Crippen LogP contribution in [0.15, 0.2) is 39.5 Å². The van der Waals surface area contributed by atoms with Crippen molar-refractivity contribution in [2.75, 3.05) is 13.1 Å². The lowest BCUT2D eigenvalue weighted by atomic mass is 10.2. The number of halogens is 1. The summed E-state index contributed by atoms with van der Waals surface area (Å²) in [6, 6.07) is 7.52. The molecule has 1 fully saturated rings. The SMILES string of the molecule is CC(C)c1noc(-c2cn(C3CCN(C(=O)c4cccc(Br)c4)C3)nn2)n1. The normalized spacial score (nSPS) is 17.0. The monoisotopic (exact) mass is 430 g/mol. The summed E-state index contributed by atoms with van der Waals surface area (Å²) in [7, 11) is 0. The van der Waals surface area contributed by atoms with Crippen LogP contribution in [0.2, 0.25) is 0 Å². The van der Waals surface area contributed by atoms with Gasteiger partial charge in [-0.2, -0.15) is 4.98 Å². The molecule has 4 rings (SSSR count). The van der Waals surface area contributed by atoms with Gasteiger partial charge in [-0.25, -0.2) is 4.68 Å². The van der Waals surface area contributed by atoms with E-state index in [2.05, 4.69) is 36.4 Å². The van der Waals surface area contributed by atoms with Crippen molar-refractivity contribution in [3.63, 3.8) is 0 Å². The van der Waals surface area contributed by atoms with Gasteiger partial charge in [0.1, 0.15) is 0 Å². The third kappa shape index (κ3) is 3.64. The molecular weight excluding hydrogens is 412 g/mol. The maximum atomic E-state index is 12.7. The minimum atomic E-state index is 0.0256. The molecule has 0 spiro atoms. The highest BCUT2D eigenvalue weighted by Crippen LogP contribution is 2.25. The average Bonchev–Trinajstić information content (AvgIpc) is 3.39. The minimum Gasteiger partial charge on any atom is -0.336 e. The van der Waals surface area contributed by atoms with E-state index in [0.29, 0.717) is 36.1 Å². The molecule has 27 heavy (non-hydrogen) atoms. The van der Waals surface area contributed by atoms with Crippen LogP contribution < -0.4 is 0 Å². The zero-order chi connectivity index (χ0) is 19.0. The molecule has 1 amide bonds. The van der Waals surface area contributed by atoms with E-state index in [1.54, 1.807) is 10.9 Å². The first-order valence-electron chi connectivity index (χ1n) is 8.82. The van der Waals surface area contributed by atoms with Gasteiger partial charge in [-0.05, 0) is 24.6 Å². The van der Waals surface area contributed by atoms with Crippen LogP contribution >= 0.6 is 15.9 Å². The predicted octanol–water partition coefficient (Wildman–Crippen LogP) is 3.30. The number of aromatic nitrogens is 5. The minimum absolute atomic E-state index is 0.0256. The van der Waals surface area contributed by atoms with Gasteiger partial charge in [0.2, 0.25) is 0 Å². The predicted molar refractivity (Wildman–Crippen MR) is 101 cm³/mol. The lowest BCUT2D eigenvalue weighted by molar-refractivity contribution is 0.0787.